The highest BCUT2D eigenvalue weighted by atomic mass is 32.7. The molecule has 6 fully saturated rings. The zero-order valence-electron chi connectivity index (χ0n) is 78.3. The Kier molecular flexibility index (Phi) is 37.9. The van der Waals surface area contributed by atoms with Crippen molar-refractivity contribution in [3.63, 3.8) is 0 Å². The van der Waals surface area contributed by atoms with Crippen LogP contribution in [0.2, 0.25) is 0 Å². The van der Waals surface area contributed by atoms with Gasteiger partial charge in [-0.2, -0.15) is 9.97 Å². The molecule has 0 amide bonds. The number of H-pyrrole nitrogens is 2. The molecule has 0 bridgehead atoms. The lowest BCUT2D eigenvalue weighted by molar-refractivity contribution is -0.241. The quantitative estimate of drug-likeness (QED) is 0.0110. The first kappa shape index (κ1) is 112. The summed E-state index contributed by atoms with van der Waals surface area (Å²) in [5, 5.41) is 11.8. The Bertz CT molecular complexity index is 6440. The Balaban J connectivity index is 0.758. The van der Waals surface area contributed by atoms with Crippen molar-refractivity contribution in [3.8, 4) is 0 Å². The maximum atomic E-state index is 15.6. The number of nitrogens with zero attached hydrogens (tertiary/aromatic N) is 14. The normalized spacial score (nSPS) is 29.3. The van der Waals surface area contributed by atoms with Crippen LogP contribution in [-0.2, 0) is 171 Å². The van der Waals surface area contributed by atoms with Crippen LogP contribution in [0.1, 0.15) is 79.4 Å². The van der Waals surface area contributed by atoms with Gasteiger partial charge in [0.25, 0.3) is 26.8 Å². The molecule has 60 nitrogen and oxygen atoms in total. The summed E-state index contributed by atoms with van der Waals surface area (Å²) in [5.41, 5.74) is 19.8. The molecule has 0 saturated carbocycles. The number of aromatic nitrogens is 16. The SMILES string of the molecule is CC[C@H]1O[C@@H](n2cc(C)c(=O)[nH]c2=O)C[C@H]1OP([O-])(=S)OC[C@H]1O[C@@H](n2cc(C)c(=O)[nH]c2=O)C(OCCOC)[C@H]1OP(=O)([O-])OC[C@H]1O[C@@H](n2cnc3c(N)ncnc32)C(OCCOC)[C@H]1OP(=O)([O-])OC[C@H]1O[C@@H](n2cc(C)c(N)nc2=O)C(OCCOC)[C@H]1OP(=O)([S-])OC[C@H]1O[C@@H](n2cnc3c(N)ncnc32)C(OCCOC)[C@H]1OP([O-])(=S)OC[C@H]1O[C@@H](n2cc(C)c(N)nc2=O)C(OCCOC)[C@H]1O. The summed E-state index contributed by atoms with van der Waals surface area (Å²) in [5.74, 6) is -0.571. The molecular weight excluding hydrogens is 2080 g/mol. The third kappa shape index (κ3) is 26.6. The maximum Gasteiger partial charge on any atom is 0.351 e. The third-order valence-electron chi connectivity index (χ3n) is 23.4. The van der Waals surface area contributed by atoms with Gasteiger partial charge >= 0.3 is 22.8 Å². The third-order valence-corrected chi connectivity index (χ3v) is 30.0. The zero-order valence-corrected chi connectivity index (χ0v) is 85.2. The highest BCUT2D eigenvalue weighted by Crippen LogP contribution is 2.57. The lowest BCUT2D eigenvalue weighted by Crippen LogP contribution is -2.42. The lowest BCUT2D eigenvalue weighted by atomic mass is 10.1. The highest BCUT2D eigenvalue weighted by Gasteiger charge is 2.57. The number of nitrogens with two attached hydrogens (primary N) is 4. The molecule has 11 N–H and O–H groups in total. The summed E-state index contributed by atoms with van der Waals surface area (Å²) in [6.45, 7) is -15.5. The molecule has 0 aromatic carbocycles. The molecule has 8 aromatic rings. The number of imidazole rings is 2. The monoisotopic (exact) mass is 2190 g/mol. The minimum atomic E-state index is -6.20. The van der Waals surface area contributed by atoms with E-state index >= 15 is 28.4 Å². The number of phosphoric acid groups is 2. The number of aromatic amines is 2. The molecule has 0 radical (unpaired) electrons. The van der Waals surface area contributed by atoms with Gasteiger partial charge in [-0.15, -0.1) is 0 Å². The van der Waals surface area contributed by atoms with Crippen LogP contribution >= 0.6 is 35.9 Å². The number of methoxy groups -OCH3 is 5. The number of rotatable bonds is 52. The Morgan fingerprint density at radius 3 is 1.19 bits per heavy atom. The van der Waals surface area contributed by atoms with Crippen molar-refractivity contribution in [3.05, 3.63) is 135 Å². The molecule has 10 unspecified atom stereocenters. The minimum absolute atomic E-state index is 0.0298. The number of aliphatic hydroxyl groups is 1. The fourth-order valence-electron chi connectivity index (χ4n) is 16.4. The summed E-state index contributed by atoms with van der Waals surface area (Å²) in [6.07, 6.45) is -28.8. The minimum Gasteiger partial charge on any atom is -0.780 e. The van der Waals surface area contributed by atoms with Crippen molar-refractivity contribution < 1.29 is 159 Å². The number of phosphoric ester groups is 2. The first-order valence-electron chi connectivity index (χ1n) is 44.0. The van der Waals surface area contributed by atoms with Gasteiger partial charge in [0.2, 0.25) is 0 Å². The maximum absolute atomic E-state index is 15.6. The molecule has 14 rings (SSSR count). The van der Waals surface area contributed by atoms with Crippen molar-refractivity contribution in [1.29, 1.82) is 0 Å². The van der Waals surface area contributed by atoms with Crippen LogP contribution in [0.4, 0.5) is 23.3 Å². The summed E-state index contributed by atoms with van der Waals surface area (Å²) in [7, 11) is -5.65. The van der Waals surface area contributed by atoms with E-state index in [1.807, 2.05) is 0 Å². The molecule has 0 spiro atoms. The van der Waals surface area contributed by atoms with Crippen molar-refractivity contribution in [2.75, 3.05) is 158 Å². The van der Waals surface area contributed by atoms with Crippen LogP contribution in [0.3, 0.4) is 0 Å². The smallest absolute Gasteiger partial charge is 0.351 e. The van der Waals surface area contributed by atoms with Crippen molar-refractivity contribution in [2.24, 2.45) is 0 Å². The van der Waals surface area contributed by atoms with E-state index in [1.165, 1.54) is 90.4 Å². The van der Waals surface area contributed by atoms with E-state index in [2.05, 4.69) is 49.8 Å². The Hall–Kier alpha value is -7.48. The topological polar surface area (TPSA) is 774 Å². The van der Waals surface area contributed by atoms with E-state index in [0.717, 1.165) is 43.4 Å². The van der Waals surface area contributed by atoms with Crippen LogP contribution < -0.4 is 76.4 Å². The second kappa shape index (κ2) is 48.6. The molecular formula is C76H106N20O40P5S3-5. The lowest BCUT2D eigenvalue weighted by Gasteiger charge is -2.36. The molecule has 14 heterocycles. The molecule has 28 atom stereocenters. The van der Waals surface area contributed by atoms with E-state index in [-0.39, 0.29) is 121 Å². The number of aryl methyl sites for hydroxylation is 4. The number of fused-ring (bicyclic) bond motifs is 2. The van der Waals surface area contributed by atoms with Crippen molar-refractivity contribution >= 4 is 117 Å². The van der Waals surface area contributed by atoms with E-state index in [4.69, 9.17) is 180 Å². The van der Waals surface area contributed by atoms with Gasteiger partial charge in [-0.1, -0.05) is 30.5 Å². The number of nitrogen functional groups attached to an aromatic ring is 4. The van der Waals surface area contributed by atoms with Crippen LogP contribution in [0, 0.1) is 27.7 Å². The van der Waals surface area contributed by atoms with Crippen molar-refractivity contribution in [1.82, 2.24) is 77.2 Å². The van der Waals surface area contributed by atoms with Gasteiger partial charge in [-0.25, -0.2) is 49.1 Å². The predicted octanol–water partition coefficient (Wildman–Crippen LogP) is -3.68. The number of anilines is 4. The van der Waals surface area contributed by atoms with Crippen molar-refractivity contribution in [2.45, 2.75) is 189 Å². The summed E-state index contributed by atoms with van der Waals surface area (Å²) < 4.78 is 207. The Morgan fingerprint density at radius 1 is 0.417 bits per heavy atom. The van der Waals surface area contributed by atoms with Gasteiger partial charge in [0, 0.05) is 89.0 Å². The molecule has 68 heteroatoms. The van der Waals surface area contributed by atoms with Crippen LogP contribution in [-0.4, -0.2) is 321 Å². The van der Waals surface area contributed by atoms with Gasteiger partial charge in [-0.3, -0.25) is 60.7 Å². The molecule has 6 aliphatic heterocycles. The average molecular weight is 2190 g/mol. The summed E-state index contributed by atoms with van der Waals surface area (Å²) >= 11 is 16.7. The molecule has 144 heavy (non-hydrogen) atoms. The van der Waals surface area contributed by atoms with Crippen LogP contribution in [0.5, 0.6) is 0 Å². The zero-order chi connectivity index (χ0) is 104. The standard InChI is InChI=1S/C76H111N20O40P5S3/c1-11-40-41(22-47(126-40)91-25-38(4)66(98)89-75(91)102)132-139(108,142)124-30-45-52(56(117-18-13-112-7)69(129-45)94-26-39(5)67(99)90-76(94)103)134-137(104,105)121-28-43-51(57(118-19-14-113-8)71(130-43)95-34-85-48-62(79)81-32-83-64(48)95)133-138(106,107)122-29-44-53(58(119-20-15-114-9)70(128-44)93-24-37(3)61(78)88-74(93)101)135-141(110,144)125-31-46-54(59(120-21-16-115-10)72(131-46)96-35-86-49-63(80)82-33-84-65(49)96)136-140(109,143)123-27-42-50(97)55(116-17-12-111-6)68(127-42)92-23-36(2)60(77)87-73(92)100/h23-26,32-35,40-47,50-59,68-72,97H,11-22,27-31H2,1-10H3,(H,104,105)(H,106,107)(H,108,142)(H,109,143)(H,110,144)(H2,77,87,100)(H2,78,88,101)(H2,79,81,83)(H2,80,82,84)(H,89,98,102)(H,90,99,103)/p-5/t40-,41-,42-,43-,44-,45-,46-,47-,50+,51+,52+,53+,54+,55?,56?,57?,58?,59?,68-,69-,70-,71-,72-,139?,140?,141?/m1/s1. The molecule has 0 aliphatic carbocycles. The van der Waals surface area contributed by atoms with E-state index in [9.17, 15) is 38.8 Å². The van der Waals surface area contributed by atoms with E-state index < -0.39 is 264 Å². The van der Waals surface area contributed by atoms with E-state index in [1.54, 1.807) is 13.8 Å². The van der Waals surface area contributed by atoms with Crippen LogP contribution in [0.25, 0.3) is 22.3 Å². The number of hydrogen-bond donors (Lipinski definition) is 7. The molecule has 8 aromatic heterocycles. The van der Waals surface area contributed by atoms with Gasteiger partial charge in [0.05, 0.1) is 124 Å². The predicted molar refractivity (Wildman–Crippen MR) is 492 cm³/mol. The fraction of sp³-hybridized carbons (Fsp3) is 0.658. The Labute approximate surface area is 831 Å². The number of hydrogen-bond acceptors (Lipinski definition) is 55. The number of nitrogens with one attached hydrogen (secondary N) is 2. The molecule has 6 saturated heterocycles. The van der Waals surface area contributed by atoms with Gasteiger partial charge in [0.15, 0.2) is 60.9 Å². The largest absolute Gasteiger partial charge is 0.780 e. The molecule has 6 aliphatic rings. The average Bonchev–Trinajstić information content (AvgIpc) is 1.61. The fourth-order valence-corrected chi connectivity index (χ4v) is 22.6. The van der Waals surface area contributed by atoms with Gasteiger partial charge < -0.3 is 181 Å². The number of aliphatic hydroxyl groups excluding tert-OH is 1. The van der Waals surface area contributed by atoms with E-state index in [0.29, 0.717) is 5.56 Å². The molecule has 798 valence electrons. The Morgan fingerprint density at radius 2 is 0.764 bits per heavy atom. The van der Waals surface area contributed by atoms with Gasteiger partial charge in [-0.05, 0) is 34.1 Å². The number of ether oxygens (including phenoxy) is 16. The summed E-state index contributed by atoms with van der Waals surface area (Å²) in [6, 6.07) is 0. The first-order chi connectivity index (χ1) is 68.5. The second-order valence-corrected chi connectivity index (χ2v) is 43.8. The first-order valence-corrected chi connectivity index (χ1v) is 54.6. The van der Waals surface area contributed by atoms with Crippen LogP contribution in [0.15, 0.2) is 78.9 Å². The van der Waals surface area contributed by atoms with Gasteiger partial charge in [0.1, 0.15) is 147 Å². The highest BCUT2D eigenvalue weighted by molar-refractivity contribution is 8.32. The second-order valence-electron chi connectivity index (χ2n) is 33.0. The summed E-state index contributed by atoms with van der Waals surface area (Å²) in [4.78, 5) is 177.